The molecule has 1 fully saturated rings. The summed E-state index contributed by atoms with van der Waals surface area (Å²) in [5, 5.41) is -0.203. The molecule has 24 heavy (non-hydrogen) atoms. The third kappa shape index (κ3) is 3.84. The van der Waals surface area contributed by atoms with Gasteiger partial charge in [0.25, 0.3) is 5.91 Å². The van der Waals surface area contributed by atoms with Crippen LogP contribution >= 0.6 is 23.2 Å². The lowest BCUT2D eigenvalue weighted by Gasteiger charge is -2.18. The summed E-state index contributed by atoms with van der Waals surface area (Å²) in [6, 6.07) is 2.19. The predicted molar refractivity (Wildman–Crippen MR) is 83.5 cm³/mol. The van der Waals surface area contributed by atoms with Crippen LogP contribution in [0.2, 0.25) is 10.0 Å². The zero-order valence-corrected chi connectivity index (χ0v) is 14.1. The van der Waals surface area contributed by atoms with Gasteiger partial charge in [-0.15, -0.1) is 0 Å². The second kappa shape index (κ2) is 6.64. The molecular weight excluding hydrogens is 370 g/mol. The first-order valence-electron chi connectivity index (χ1n) is 6.73. The Labute approximate surface area is 145 Å². The van der Waals surface area contributed by atoms with Gasteiger partial charge in [0, 0.05) is 11.6 Å². The van der Waals surface area contributed by atoms with E-state index < -0.39 is 24.6 Å². The molecule has 130 valence electrons. The van der Waals surface area contributed by atoms with Gasteiger partial charge in [-0.2, -0.15) is 13.2 Å². The first kappa shape index (κ1) is 18.6. The van der Waals surface area contributed by atoms with Gasteiger partial charge in [-0.1, -0.05) is 28.8 Å². The first-order chi connectivity index (χ1) is 11.0. The molecule has 4 nitrogen and oxygen atoms in total. The second-order valence-electron chi connectivity index (χ2n) is 5.33. The highest BCUT2D eigenvalue weighted by atomic mass is 35.5. The van der Waals surface area contributed by atoms with Gasteiger partial charge in [0.1, 0.15) is 5.75 Å². The van der Waals surface area contributed by atoms with Crippen molar-refractivity contribution in [3.8, 4) is 5.75 Å². The van der Waals surface area contributed by atoms with Crippen molar-refractivity contribution >= 4 is 40.7 Å². The highest BCUT2D eigenvalue weighted by Gasteiger charge is 2.37. The van der Waals surface area contributed by atoms with Gasteiger partial charge in [-0.25, -0.2) is 4.90 Å². The Bertz CT molecular complexity index is 740. The Hall–Kier alpha value is -1.73. The summed E-state index contributed by atoms with van der Waals surface area (Å²) in [7, 11) is 0. The van der Waals surface area contributed by atoms with Crippen molar-refractivity contribution in [2.45, 2.75) is 26.4 Å². The van der Waals surface area contributed by atoms with Gasteiger partial charge in [-0.3, -0.25) is 9.59 Å². The number of allylic oxidation sites excluding steroid dienone is 1. The van der Waals surface area contributed by atoms with Crippen molar-refractivity contribution in [2.75, 3.05) is 11.5 Å². The number of alkyl halides is 3. The summed E-state index contributed by atoms with van der Waals surface area (Å²) >= 11 is 11.8. The Balaban J connectivity index is 2.42. The number of imide groups is 1. The summed E-state index contributed by atoms with van der Waals surface area (Å²) in [5.41, 5.74) is 0.933. The Morgan fingerprint density at radius 1 is 1.21 bits per heavy atom. The van der Waals surface area contributed by atoms with E-state index >= 15 is 0 Å². The van der Waals surface area contributed by atoms with Crippen LogP contribution in [0.25, 0.3) is 0 Å². The van der Waals surface area contributed by atoms with E-state index in [9.17, 15) is 22.8 Å². The topological polar surface area (TPSA) is 46.6 Å². The molecule has 2 rings (SSSR count). The number of hydrogen-bond donors (Lipinski definition) is 0. The Morgan fingerprint density at radius 3 is 2.33 bits per heavy atom. The lowest BCUT2D eigenvalue weighted by molar-refractivity contribution is -0.153. The van der Waals surface area contributed by atoms with Crippen LogP contribution in [0.3, 0.4) is 0 Å². The van der Waals surface area contributed by atoms with E-state index in [4.69, 9.17) is 23.2 Å². The van der Waals surface area contributed by atoms with E-state index in [0.717, 1.165) is 17.0 Å². The van der Waals surface area contributed by atoms with Gasteiger partial charge < -0.3 is 4.74 Å². The maximum atomic E-state index is 12.4. The van der Waals surface area contributed by atoms with Gasteiger partial charge in [0.05, 0.1) is 22.2 Å². The normalized spacial score (nSPS) is 15.3. The zero-order valence-electron chi connectivity index (χ0n) is 12.6. The average molecular weight is 382 g/mol. The number of carbonyl (C=O) groups excluding carboxylic acids is 2. The fourth-order valence-electron chi connectivity index (χ4n) is 2.15. The monoisotopic (exact) mass is 381 g/mol. The quantitative estimate of drug-likeness (QED) is 0.570. The van der Waals surface area contributed by atoms with E-state index in [-0.39, 0.29) is 27.9 Å². The molecule has 0 spiro atoms. The summed E-state index contributed by atoms with van der Waals surface area (Å²) in [4.78, 5) is 25.3. The van der Waals surface area contributed by atoms with E-state index in [2.05, 4.69) is 4.74 Å². The summed E-state index contributed by atoms with van der Waals surface area (Å²) in [6.07, 6.45) is -4.66. The van der Waals surface area contributed by atoms with Crippen molar-refractivity contribution in [1.82, 2.24) is 0 Å². The number of benzene rings is 1. The number of anilines is 1. The number of rotatable bonds is 3. The Morgan fingerprint density at radius 2 is 1.83 bits per heavy atom. The van der Waals surface area contributed by atoms with Crippen molar-refractivity contribution in [3.05, 3.63) is 33.3 Å². The molecule has 0 bridgehead atoms. The van der Waals surface area contributed by atoms with Crippen LogP contribution in [-0.2, 0) is 9.59 Å². The van der Waals surface area contributed by atoms with Crippen molar-refractivity contribution in [1.29, 1.82) is 0 Å². The van der Waals surface area contributed by atoms with Crippen LogP contribution in [0, 0.1) is 0 Å². The molecule has 1 heterocycles. The molecule has 0 atom stereocenters. The minimum absolute atomic E-state index is 0.0453. The average Bonchev–Trinajstić information content (AvgIpc) is 2.73. The molecule has 1 aliphatic heterocycles. The smallest absolute Gasteiger partial charge is 0.422 e. The SMILES string of the molecule is CC(C)=C1CC(=O)N(c2cc(OCC(F)(F)F)c(Cl)cc2Cl)C1=O. The lowest BCUT2D eigenvalue weighted by atomic mass is 10.1. The Kier molecular flexibility index (Phi) is 5.15. The van der Waals surface area contributed by atoms with Crippen molar-refractivity contribution in [2.24, 2.45) is 0 Å². The molecule has 9 heteroatoms. The number of amides is 2. The third-order valence-electron chi connectivity index (χ3n) is 3.28. The molecule has 0 radical (unpaired) electrons. The molecular formula is C15H12Cl2F3NO3. The summed E-state index contributed by atoms with van der Waals surface area (Å²) < 4.78 is 41.5. The van der Waals surface area contributed by atoms with Crippen LogP contribution in [0.15, 0.2) is 23.3 Å². The van der Waals surface area contributed by atoms with E-state index in [1.54, 1.807) is 13.8 Å². The van der Waals surface area contributed by atoms with Crippen molar-refractivity contribution < 1.29 is 27.5 Å². The predicted octanol–water partition coefficient (Wildman–Crippen LogP) is 4.53. The van der Waals surface area contributed by atoms with Crippen molar-refractivity contribution in [3.63, 3.8) is 0 Å². The minimum Gasteiger partial charge on any atom is -0.482 e. The molecule has 0 unspecified atom stereocenters. The van der Waals surface area contributed by atoms with Gasteiger partial charge >= 0.3 is 6.18 Å². The minimum atomic E-state index is -4.56. The molecule has 0 saturated carbocycles. The molecule has 0 aliphatic carbocycles. The zero-order chi connectivity index (χ0) is 18.2. The van der Waals surface area contributed by atoms with Crippen LogP contribution in [0.5, 0.6) is 5.75 Å². The van der Waals surface area contributed by atoms with Crippen LogP contribution in [-0.4, -0.2) is 24.6 Å². The fourth-order valence-corrected chi connectivity index (χ4v) is 2.67. The molecule has 0 N–H and O–H groups in total. The highest BCUT2D eigenvalue weighted by molar-refractivity contribution is 6.39. The van der Waals surface area contributed by atoms with Crippen LogP contribution < -0.4 is 9.64 Å². The van der Waals surface area contributed by atoms with E-state index in [0.29, 0.717) is 11.1 Å². The standard InChI is InChI=1S/C15H12Cl2F3NO3/c1-7(2)8-3-13(22)21(14(8)23)11-5-12(10(17)4-9(11)16)24-6-15(18,19)20/h4-5H,3,6H2,1-2H3. The molecule has 1 aromatic rings. The number of carbonyl (C=O) groups is 2. The molecule has 1 aliphatic rings. The third-order valence-corrected chi connectivity index (χ3v) is 3.87. The second-order valence-corrected chi connectivity index (χ2v) is 6.14. The van der Waals surface area contributed by atoms with Gasteiger partial charge in [-0.05, 0) is 19.9 Å². The van der Waals surface area contributed by atoms with Gasteiger partial charge in [0.15, 0.2) is 6.61 Å². The molecule has 2 amide bonds. The molecule has 0 aromatic heterocycles. The number of ether oxygens (including phenoxy) is 1. The number of halogens is 5. The van der Waals surface area contributed by atoms with Crippen LogP contribution in [0.4, 0.5) is 18.9 Å². The largest absolute Gasteiger partial charge is 0.482 e. The first-order valence-corrected chi connectivity index (χ1v) is 7.49. The van der Waals surface area contributed by atoms with E-state index in [1.165, 1.54) is 0 Å². The fraction of sp³-hybridized carbons (Fsp3) is 0.333. The van der Waals surface area contributed by atoms with E-state index in [1.807, 2.05) is 0 Å². The van der Waals surface area contributed by atoms with Crippen LogP contribution in [0.1, 0.15) is 20.3 Å². The molecule has 1 saturated heterocycles. The highest BCUT2D eigenvalue weighted by Crippen LogP contribution is 2.39. The van der Waals surface area contributed by atoms with Gasteiger partial charge in [0.2, 0.25) is 5.91 Å². The maximum absolute atomic E-state index is 12.4. The maximum Gasteiger partial charge on any atom is 0.422 e. The summed E-state index contributed by atoms with van der Waals surface area (Å²) in [5.74, 6) is -1.41. The number of nitrogens with zero attached hydrogens (tertiary/aromatic N) is 1. The molecule has 1 aromatic carbocycles. The number of hydrogen-bond acceptors (Lipinski definition) is 3. The lowest BCUT2D eigenvalue weighted by Crippen LogP contribution is -2.29. The summed E-state index contributed by atoms with van der Waals surface area (Å²) in [6.45, 7) is 1.81.